The highest BCUT2D eigenvalue weighted by Gasteiger charge is 2.21. The van der Waals surface area contributed by atoms with Crippen LogP contribution in [0, 0.1) is 5.92 Å². The van der Waals surface area contributed by atoms with Crippen molar-refractivity contribution < 1.29 is 9.53 Å². The molecule has 0 unspecified atom stereocenters. The Morgan fingerprint density at radius 1 is 1.14 bits per heavy atom. The summed E-state index contributed by atoms with van der Waals surface area (Å²) in [4.78, 5) is 14.5. The van der Waals surface area contributed by atoms with Crippen molar-refractivity contribution in [2.24, 2.45) is 5.92 Å². The van der Waals surface area contributed by atoms with E-state index in [0.29, 0.717) is 22.5 Å². The summed E-state index contributed by atoms with van der Waals surface area (Å²) in [6.45, 7) is 3.94. The van der Waals surface area contributed by atoms with Gasteiger partial charge in [-0.1, -0.05) is 18.7 Å². The zero-order valence-corrected chi connectivity index (χ0v) is 16.9. The first-order valence-electron chi connectivity index (χ1n) is 9.41. The maximum atomic E-state index is 12.5. The van der Waals surface area contributed by atoms with Crippen LogP contribution in [0.4, 0.5) is 0 Å². The quantitative estimate of drug-likeness (QED) is 0.616. The van der Waals surface area contributed by atoms with Gasteiger partial charge in [0.25, 0.3) is 0 Å². The molecule has 1 aromatic carbocycles. The fourth-order valence-corrected chi connectivity index (χ4v) is 4.04. The van der Waals surface area contributed by atoms with E-state index in [1.807, 2.05) is 41.3 Å². The molecule has 1 fully saturated rings. The Kier molecular flexibility index (Phi) is 5.47. The Morgan fingerprint density at radius 3 is 2.61 bits per heavy atom. The van der Waals surface area contributed by atoms with Crippen molar-refractivity contribution in [1.29, 1.82) is 0 Å². The van der Waals surface area contributed by atoms with Crippen LogP contribution in [0.25, 0.3) is 16.9 Å². The van der Waals surface area contributed by atoms with Crippen molar-refractivity contribution in [3.63, 3.8) is 0 Å². The summed E-state index contributed by atoms with van der Waals surface area (Å²) < 4.78 is 6.91. The molecule has 1 amide bonds. The van der Waals surface area contributed by atoms with Gasteiger partial charge in [-0.2, -0.15) is 9.61 Å². The van der Waals surface area contributed by atoms with Crippen molar-refractivity contribution in [3.05, 3.63) is 36.4 Å². The summed E-state index contributed by atoms with van der Waals surface area (Å²) in [5.41, 5.74) is 2.46. The average Bonchev–Trinajstić information content (AvgIpc) is 3.15. The number of amides is 1. The van der Waals surface area contributed by atoms with E-state index in [-0.39, 0.29) is 5.91 Å². The van der Waals surface area contributed by atoms with Gasteiger partial charge in [-0.15, -0.1) is 10.2 Å². The van der Waals surface area contributed by atoms with E-state index in [9.17, 15) is 4.79 Å². The zero-order valence-electron chi connectivity index (χ0n) is 16.0. The molecule has 0 atom stereocenters. The number of methoxy groups -OCH3 is 1. The Bertz CT molecular complexity index is 964. The van der Waals surface area contributed by atoms with Gasteiger partial charge in [-0.05, 0) is 55.2 Å². The fourth-order valence-electron chi connectivity index (χ4n) is 3.25. The van der Waals surface area contributed by atoms with Crippen molar-refractivity contribution >= 4 is 23.3 Å². The van der Waals surface area contributed by atoms with E-state index < -0.39 is 0 Å². The molecule has 8 heteroatoms. The molecular formula is C20H23N5O2S. The zero-order chi connectivity index (χ0) is 19.5. The number of hydrogen-bond acceptors (Lipinski definition) is 6. The molecule has 146 valence electrons. The molecule has 1 aliphatic heterocycles. The molecule has 3 aromatic rings. The molecule has 1 aliphatic rings. The second kappa shape index (κ2) is 8.18. The van der Waals surface area contributed by atoms with Crippen LogP contribution in [-0.2, 0) is 4.79 Å². The number of nitrogens with zero attached hydrogens (tertiary/aromatic N) is 5. The van der Waals surface area contributed by atoms with E-state index in [0.717, 1.165) is 42.9 Å². The highest BCUT2D eigenvalue weighted by atomic mass is 32.2. The number of likely N-dealkylation sites (tertiary alicyclic amines) is 1. The third-order valence-corrected chi connectivity index (χ3v) is 5.99. The summed E-state index contributed by atoms with van der Waals surface area (Å²) in [5, 5.41) is 13.7. The minimum absolute atomic E-state index is 0.153. The SMILES string of the molecule is COc1ccc(-c2ccc3nnc(SCC(=O)N4CCC(C)CC4)n3n2)cc1. The third kappa shape index (κ3) is 3.96. The molecule has 4 rings (SSSR count). The molecule has 0 radical (unpaired) electrons. The fraction of sp³-hybridized carbons (Fsp3) is 0.400. The lowest BCUT2D eigenvalue weighted by molar-refractivity contribution is -0.129. The molecule has 28 heavy (non-hydrogen) atoms. The lowest BCUT2D eigenvalue weighted by atomic mass is 9.99. The van der Waals surface area contributed by atoms with Gasteiger partial charge in [0.1, 0.15) is 5.75 Å². The maximum absolute atomic E-state index is 12.5. The largest absolute Gasteiger partial charge is 0.497 e. The minimum atomic E-state index is 0.153. The van der Waals surface area contributed by atoms with Gasteiger partial charge < -0.3 is 9.64 Å². The van der Waals surface area contributed by atoms with Crippen LogP contribution in [0.1, 0.15) is 19.8 Å². The van der Waals surface area contributed by atoms with Crippen LogP contribution in [0.5, 0.6) is 5.75 Å². The van der Waals surface area contributed by atoms with Crippen LogP contribution in [0.2, 0.25) is 0 Å². The highest BCUT2D eigenvalue weighted by Crippen LogP contribution is 2.23. The maximum Gasteiger partial charge on any atom is 0.233 e. The van der Waals surface area contributed by atoms with Crippen LogP contribution in [-0.4, -0.2) is 56.6 Å². The van der Waals surface area contributed by atoms with Gasteiger partial charge in [0.05, 0.1) is 18.6 Å². The molecule has 7 nitrogen and oxygen atoms in total. The molecule has 0 spiro atoms. The first-order chi connectivity index (χ1) is 13.6. The number of hydrogen-bond donors (Lipinski definition) is 0. The summed E-state index contributed by atoms with van der Waals surface area (Å²) in [5.74, 6) is 2.01. The van der Waals surface area contributed by atoms with Crippen LogP contribution >= 0.6 is 11.8 Å². The number of carbonyl (C=O) groups excluding carboxylic acids is 1. The van der Waals surface area contributed by atoms with E-state index in [4.69, 9.17) is 4.74 Å². The van der Waals surface area contributed by atoms with Crippen molar-refractivity contribution in [3.8, 4) is 17.0 Å². The topological polar surface area (TPSA) is 72.6 Å². The molecule has 3 heterocycles. The van der Waals surface area contributed by atoms with Gasteiger partial charge in [0.15, 0.2) is 5.65 Å². The predicted octanol–water partition coefficient (Wildman–Crippen LogP) is 3.15. The van der Waals surface area contributed by atoms with Crippen molar-refractivity contribution in [2.75, 3.05) is 26.0 Å². The van der Waals surface area contributed by atoms with Gasteiger partial charge in [-0.3, -0.25) is 4.79 Å². The van der Waals surface area contributed by atoms with E-state index >= 15 is 0 Å². The summed E-state index contributed by atoms with van der Waals surface area (Å²) in [6, 6.07) is 11.5. The second-order valence-corrected chi connectivity index (χ2v) is 7.99. The van der Waals surface area contributed by atoms with Crippen LogP contribution in [0.3, 0.4) is 0 Å². The number of piperidine rings is 1. The summed E-state index contributed by atoms with van der Waals surface area (Å²) in [6.07, 6.45) is 2.16. The number of thioether (sulfide) groups is 1. The Labute approximate surface area is 168 Å². The second-order valence-electron chi connectivity index (χ2n) is 7.05. The van der Waals surface area contributed by atoms with E-state index in [2.05, 4.69) is 22.2 Å². The predicted molar refractivity (Wildman–Crippen MR) is 108 cm³/mol. The average molecular weight is 398 g/mol. The monoisotopic (exact) mass is 397 g/mol. The standard InChI is InChI=1S/C20H23N5O2S/c1-14-9-11-24(12-10-14)19(26)13-28-20-22-21-18-8-7-17(23-25(18)20)15-3-5-16(27-2)6-4-15/h3-8,14H,9-13H2,1-2H3. The molecule has 1 saturated heterocycles. The number of fused-ring (bicyclic) bond motifs is 1. The van der Waals surface area contributed by atoms with Gasteiger partial charge >= 0.3 is 0 Å². The van der Waals surface area contributed by atoms with Gasteiger partial charge in [0, 0.05) is 18.7 Å². The van der Waals surface area contributed by atoms with Crippen molar-refractivity contribution in [2.45, 2.75) is 24.9 Å². The number of rotatable bonds is 5. The smallest absolute Gasteiger partial charge is 0.233 e. The number of carbonyl (C=O) groups is 1. The number of ether oxygens (including phenoxy) is 1. The molecule has 0 aliphatic carbocycles. The van der Waals surface area contributed by atoms with Gasteiger partial charge in [0.2, 0.25) is 11.1 Å². The van der Waals surface area contributed by atoms with E-state index in [1.165, 1.54) is 11.8 Å². The van der Waals surface area contributed by atoms with Gasteiger partial charge in [-0.25, -0.2) is 0 Å². The summed E-state index contributed by atoms with van der Waals surface area (Å²) >= 11 is 1.38. The Balaban J connectivity index is 1.49. The lowest BCUT2D eigenvalue weighted by Crippen LogP contribution is -2.38. The number of benzene rings is 1. The normalized spacial score (nSPS) is 15.1. The Hall–Kier alpha value is -2.61. The molecule has 0 N–H and O–H groups in total. The summed E-state index contributed by atoms with van der Waals surface area (Å²) in [7, 11) is 1.64. The highest BCUT2D eigenvalue weighted by molar-refractivity contribution is 7.99. The van der Waals surface area contributed by atoms with Crippen LogP contribution in [0.15, 0.2) is 41.6 Å². The van der Waals surface area contributed by atoms with Crippen LogP contribution < -0.4 is 4.74 Å². The first kappa shape index (κ1) is 18.7. The van der Waals surface area contributed by atoms with E-state index in [1.54, 1.807) is 11.6 Å². The first-order valence-corrected chi connectivity index (χ1v) is 10.4. The number of aromatic nitrogens is 4. The molecule has 0 bridgehead atoms. The minimum Gasteiger partial charge on any atom is -0.497 e. The lowest BCUT2D eigenvalue weighted by Gasteiger charge is -2.30. The molecular weight excluding hydrogens is 374 g/mol. The molecule has 2 aromatic heterocycles. The third-order valence-electron chi connectivity index (χ3n) is 5.08. The molecule has 0 saturated carbocycles. The van der Waals surface area contributed by atoms with Crippen molar-refractivity contribution in [1.82, 2.24) is 24.7 Å². The Morgan fingerprint density at radius 2 is 1.89 bits per heavy atom.